The van der Waals surface area contributed by atoms with E-state index in [1.165, 1.54) is 32.6 Å². The molecule has 0 heterocycles. The largest absolute Gasteiger partial charge is 0.449 e. The zero-order valence-corrected chi connectivity index (χ0v) is 24.2. The van der Waals surface area contributed by atoms with Crippen LogP contribution in [-0.2, 0) is 4.12 Å². The Labute approximate surface area is 194 Å². The number of rotatable bonds is 8. The van der Waals surface area contributed by atoms with Crippen molar-refractivity contribution in [3.8, 4) is 0 Å². The lowest BCUT2D eigenvalue weighted by Gasteiger charge is -2.36. The fourth-order valence-electron chi connectivity index (χ4n) is 4.71. The van der Waals surface area contributed by atoms with E-state index >= 15 is 0 Å². The van der Waals surface area contributed by atoms with Crippen LogP contribution in [0.2, 0.25) is 26.2 Å². The Morgan fingerprint density at radius 3 is 1.03 bits per heavy atom. The van der Waals surface area contributed by atoms with Crippen LogP contribution >= 0.6 is 0 Å². The summed E-state index contributed by atoms with van der Waals surface area (Å²) < 4.78 is 7.15. The summed E-state index contributed by atoms with van der Waals surface area (Å²) in [5.74, 6) is 2.17. The average molecular weight is 455 g/mol. The topological polar surface area (TPSA) is 9.23 Å². The Bertz CT molecular complexity index is 818. The molecule has 0 aliphatic rings. The van der Waals surface area contributed by atoms with Crippen LogP contribution in [-0.4, -0.2) is 16.6 Å². The predicted octanol–water partition coefficient (Wildman–Crippen LogP) is 7.72. The molecular formula is C28H46OSi2. The lowest BCUT2D eigenvalue weighted by molar-refractivity contribution is 0.573. The van der Waals surface area contributed by atoms with E-state index in [2.05, 4.69) is 118 Å². The van der Waals surface area contributed by atoms with Crippen molar-refractivity contribution in [1.82, 2.24) is 0 Å². The van der Waals surface area contributed by atoms with Gasteiger partial charge >= 0.3 is 0 Å². The molecule has 0 saturated heterocycles. The summed E-state index contributed by atoms with van der Waals surface area (Å²) in [6.45, 7) is 27.9. The molecule has 0 unspecified atom stereocenters. The molecule has 0 aliphatic carbocycles. The van der Waals surface area contributed by atoms with Crippen molar-refractivity contribution in [3.05, 3.63) is 58.7 Å². The summed E-state index contributed by atoms with van der Waals surface area (Å²) in [5.41, 5.74) is 5.93. The Balaban J connectivity index is 2.44. The summed E-state index contributed by atoms with van der Waals surface area (Å²) in [6, 6.07) is 14.3. The van der Waals surface area contributed by atoms with Crippen LogP contribution in [0.3, 0.4) is 0 Å². The van der Waals surface area contributed by atoms with Gasteiger partial charge in [0.15, 0.2) is 0 Å². The molecule has 0 bridgehead atoms. The van der Waals surface area contributed by atoms with E-state index < -0.39 is 16.6 Å². The third-order valence-electron chi connectivity index (χ3n) is 6.56. The van der Waals surface area contributed by atoms with Gasteiger partial charge in [-0.15, -0.1) is 0 Å². The second-order valence-electron chi connectivity index (χ2n) is 11.4. The van der Waals surface area contributed by atoms with Crippen LogP contribution in [0.25, 0.3) is 0 Å². The number of hydrogen-bond acceptors (Lipinski definition) is 1. The zero-order chi connectivity index (χ0) is 23.7. The Morgan fingerprint density at radius 2 is 0.774 bits per heavy atom. The monoisotopic (exact) mass is 454 g/mol. The average Bonchev–Trinajstić information content (AvgIpc) is 2.65. The van der Waals surface area contributed by atoms with Crippen LogP contribution in [0.15, 0.2) is 36.4 Å². The number of benzene rings is 2. The molecule has 0 amide bonds. The maximum absolute atomic E-state index is 7.15. The fraction of sp³-hybridized carbons (Fsp3) is 0.571. The van der Waals surface area contributed by atoms with Crippen molar-refractivity contribution in [2.45, 2.75) is 105 Å². The van der Waals surface area contributed by atoms with Crippen molar-refractivity contribution in [3.63, 3.8) is 0 Å². The molecule has 0 spiro atoms. The second kappa shape index (κ2) is 9.76. The molecule has 2 aromatic carbocycles. The Hall–Kier alpha value is -1.17. The van der Waals surface area contributed by atoms with Crippen LogP contribution in [0.4, 0.5) is 0 Å². The highest BCUT2D eigenvalue weighted by atomic mass is 28.4. The fourth-order valence-corrected chi connectivity index (χ4v) is 12.7. The van der Waals surface area contributed by atoms with Gasteiger partial charge in [0, 0.05) is 0 Å². The molecule has 0 atom stereocenters. The van der Waals surface area contributed by atoms with Gasteiger partial charge in [0.2, 0.25) is 16.6 Å². The van der Waals surface area contributed by atoms with Crippen molar-refractivity contribution < 1.29 is 4.12 Å². The lowest BCUT2D eigenvalue weighted by Crippen LogP contribution is -2.57. The van der Waals surface area contributed by atoms with E-state index in [-0.39, 0.29) is 0 Å². The van der Waals surface area contributed by atoms with E-state index in [1.54, 1.807) is 0 Å². The minimum atomic E-state index is -2.05. The van der Waals surface area contributed by atoms with Gasteiger partial charge in [-0.05, 0) is 82.5 Å². The molecule has 0 radical (unpaired) electrons. The molecule has 2 aromatic rings. The highest BCUT2D eigenvalue weighted by Crippen LogP contribution is 2.28. The molecule has 172 valence electrons. The summed E-state index contributed by atoms with van der Waals surface area (Å²) in [7, 11) is -4.10. The SMILES string of the molecule is CC(C)c1ccc([Si](C)(C)O[Si](C)(C)c2ccc(C(C)C)c(C(C)C)c2)cc1C(C)C. The maximum Gasteiger partial charge on any atom is 0.206 e. The van der Waals surface area contributed by atoms with Crippen molar-refractivity contribution >= 4 is 27.0 Å². The second-order valence-corrected chi connectivity index (χ2v) is 19.4. The number of hydrogen-bond donors (Lipinski definition) is 0. The first kappa shape index (κ1) is 26.1. The van der Waals surface area contributed by atoms with Crippen molar-refractivity contribution in [2.24, 2.45) is 0 Å². The van der Waals surface area contributed by atoms with Crippen molar-refractivity contribution in [2.75, 3.05) is 0 Å². The molecule has 1 nitrogen and oxygen atoms in total. The normalized spacial score (nSPS) is 13.2. The molecule has 3 heteroatoms. The Kier molecular flexibility index (Phi) is 8.22. The highest BCUT2D eigenvalue weighted by Gasteiger charge is 2.37. The summed E-state index contributed by atoms with van der Waals surface area (Å²) in [5, 5.41) is 2.84. The van der Waals surface area contributed by atoms with E-state index in [0.29, 0.717) is 23.7 Å². The van der Waals surface area contributed by atoms with E-state index in [9.17, 15) is 0 Å². The van der Waals surface area contributed by atoms with Gasteiger partial charge in [-0.2, -0.15) is 0 Å². The minimum absolute atomic E-state index is 0.532. The van der Waals surface area contributed by atoms with Gasteiger partial charge in [-0.3, -0.25) is 0 Å². The third kappa shape index (κ3) is 6.00. The molecule has 0 N–H and O–H groups in total. The molecule has 2 rings (SSSR count). The highest BCUT2D eigenvalue weighted by molar-refractivity contribution is 6.96. The molecule has 31 heavy (non-hydrogen) atoms. The van der Waals surface area contributed by atoms with Gasteiger partial charge in [-0.25, -0.2) is 0 Å². The Morgan fingerprint density at radius 1 is 0.484 bits per heavy atom. The maximum atomic E-state index is 7.15. The first-order valence-electron chi connectivity index (χ1n) is 12.2. The predicted molar refractivity (Wildman–Crippen MR) is 145 cm³/mol. The van der Waals surface area contributed by atoms with Crippen LogP contribution in [0.5, 0.6) is 0 Å². The molecule has 0 aliphatic heterocycles. The quantitative estimate of drug-likeness (QED) is 0.371. The van der Waals surface area contributed by atoms with Gasteiger partial charge < -0.3 is 4.12 Å². The van der Waals surface area contributed by atoms with Crippen molar-refractivity contribution in [1.29, 1.82) is 0 Å². The van der Waals surface area contributed by atoms with Crippen LogP contribution in [0, 0.1) is 0 Å². The first-order chi connectivity index (χ1) is 14.2. The van der Waals surface area contributed by atoms with Gasteiger partial charge in [-0.1, -0.05) is 91.8 Å². The van der Waals surface area contributed by atoms with E-state index in [1.807, 2.05) is 0 Å². The molecule has 0 saturated carbocycles. The standard InChI is InChI=1S/C28H46OSi2/c1-19(2)25-15-13-23(17-27(25)21(5)6)30(9,10)29-31(11,12)24-14-16-26(20(3)4)28(18-24)22(7)8/h13-22H,1-12H3. The lowest BCUT2D eigenvalue weighted by atomic mass is 9.91. The van der Waals surface area contributed by atoms with E-state index in [0.717, 1.165) is 0 Å². The summed E-state index contributed by atoms with van der Waals surface area (Å²) in [6.07, 6.45) is 0. The van der Waals surface area contributed by atoms with Gasteiger partial charge in [0.1, 0.15) is 0 Å². The van der Waals surface area contributed by atoms with Gasteiger partial charge in [0.25, 0.3) is 0 Å². The van der Waals surface area contributed by atoms with Gasteiger partial charge in [0.05, 0.1) is 0 Å². The molecule has 0 fully saturated rings. The first-order valence-corrected chi connectivity index (χ1v) is 18.0. The minimum Gasteiger partial charge on any atom is -0.449 e. The molecule has 0 aromatic heterocycles. The smallest absolute Gasteiger partial charge is 0.206 e. The third-order valence-corrected chi connectivity index (χ3v) is 14.0. The summed E-state index contributed by atoms with van der Waals surface area (Å²) >= 11 is 0. The zero-order valence-electron chi connectivity index (χ0n) is 22.2. The van der Waals surface area contributed by atoms with E-state index in [4.69, 9.17) is 4.12 Å². The summed E-state index contributed by atoms with van der Waals surface area (Å²) in [4.78, 5) is 0. The molecular weight excluding hydrogens is 408 g/mol. The van der Waals surface area contributed by atoms with Crippen LogP contribution < -0.4 is 10.4 Å². The van der Waals surface area contributed by atoms with Crippen LogP contribution in [0.1, 0.15) is 101 Å².